The summed E-state index contributed by atoms with van der Waals surface area (Å²) in [6, 6.07) is 10.8. The molecule has 0 spiro atoms. The Morgan fingerprint density at radius 1 is 1.28 bits per heavy atom. The van der Waals surface area contributed by atoms with Crippen LogP contribution in [0.3, 0.4) is 0 Å². The van der Waals surface area contributed by atoms with Gasteiger partial charge in [-0.15, -0.1) is 0 Å². The molecule has 3 rings (SSSR count). The number of aryl methyl sites for hydroxylation is 2. The Balaban J connectivity index is 1.56. The number of nitrogens with zero attached hydrogens (tertiary/aromatic N) is 4. The van der Waals surface area contributed by atoms with Crippen molar-refractivity contribution >= 4 is 17.5 Å². The van der Waals surface area contributed by atoms with Crippen LogP contribution in [0.25, 0.3) is 0 Å². The molecule has 2 heterocycles. The molecule has 0 radical (unpaired) electrons. The molecule has 1 aromatic carbocycles. The number of rotatable bonds is 6. The average molecular weight is 360 g/mol. The minimum Gasteiger partial charge on any atom is -0.470 e. The third kappa shape index (κ3) is 4.19. The third-order valence-electron chi connectivity index (χ3n) is 3.59. The zero-order chi connectivity index (χ0) is 17.8. The first kappa shape index (κ1) is 17.0. The predicted octanol–water partition coefficient (Wildman–Crippen LogP) is 2.54. The lowest BCUT2D eigenvalue weighted by molar-refractivity contribution is 0.0943. The fourth-order valence-electron chi connectivity index (χ4n) is 2.34. The molecule has 0 saturated heterocycles. The molecule has 1 amide bonds. The monoisotopic (exact) mass is 359 g/mol. The van der Waals surface area contributed by atoms with Crippen LogP contribution in [0.2, 0.25) is 5.02 Å². The number of amides is 1. The fourth-order valence-corrected chi connectivity index (χ4v) is 2.53. The highest BCUT2D eigenvalue weighted by atomic mass is 35.5. The zero-order valence-corrected chi connectivity index (χ0v) is 14.7. The minimum atomic E-state index is -0.254. The number of aromatic nitrogens is 4. The quantitative estimate of drug-likeness (QED) is 0.734. The van der Waals surface area contributed by atoms with Gasteiger partial charge in [-0.3, -0.25) is 9.48 Å². The molecule has 8 heteroatoms. The van der Waals surface area contributed by atoms with Gasteiger partial charge < -0.3 is 10.1 Å². The Labute approximate surface area is 150 Å². The zero-order valence-electron chi connectivity index (χ0n) is 13.9. The molecule has 130 valence electrons. The van der Waals surface area contributed by atoms with Crippen LogP contribution in [-0.2, 0) is 20.3 Å². The molecule has 7 nitrogen and oxygen atoms in total. The van der Waals surface area contributed by atoms with E-state index in [1.54, 1.807) is 29.1 Å². The first-order chi connectivity index (χ1) is 12.0. The number of hydrogen-bond acceptors (Lipinski definition) is 4. The van der Waals surface area contributed by atoms with Crippen molar-refractivity contribution < 1.29 is 9.53 Å². The summed E-state index contributed by atoms with van der Waals surface area (Å²) >= 11 is 6.03. The largest absolute Gasteiger partial charge is 0.470 e. The highest BCUT2D eigenvalue weighted by Gasteiger charge is 2.11. The van der Waals surface area contributed by atoms with Gasteiger partial charge in [-0.1, -0.05) is 23.7 Å². The van der Waals surface area contributed by atoms with E-state index in [9.17, 15) is 4.79 Å². The molecule has 0 unspecified atom stereocenters. The van der Waals surface area contributed by atoms with Crippen molar-refractivity contribution in [3.63, 3.8) is 0 Å². The molecular formula is C17H18ClN5O2. The van der Waals surface area contributed by atoms with Gasteiger partial charge in [0, 0.05) is 13.2 Å². The van der Waals surface area contributed by atoms with E-state index in [2.05, 4.69) is 15.5 Å². The molecule has 0 aliphatic rings. The average Bonchev–Trinajstić information content (AvgIpc) is 3.18. The smallest absolute Gasteiger partial charge is 0.272 e. The maximum Gasteiger partial charge on any atom is 0.272 e. The Morgan fingerprint density at radius 3 is 2.80 bits per heavy atom. The normalized spacial score (nSPS) is 10.7. The molecule has 1 N–H and O–H groups in total. The van der Waals surface area contributed by atoms with Gasteiger partial charge in [-0.2, -0.15) is 10.2 Å². The summed E-state index contributed by atoms with van der Waals surface area (Å²) in [7, 11) is 1.84. The van der Waals surface area contributed by atoms with Crippen LogP contribution in [0.15, 0.2) is 42.6 Å². The highest BCUT2D eigenvalue weighted by Crippen LogP contribution is 2.23. The van der Waals surface area contributed by atoms with E-state index in [0.717, 1.165) is 11.4 Å². The Bertz CT molecular complexity index is 887. The summed E-state index contributed by atoms with van der Waals surface area (Å²) in [4.78, 5) is 12.2. The summed E-state index contributed by atoms with van der Waals surface area (Å²) < 4.78 is 8.86. The van der Waals surface area contributed by atoms with Crippen LogP contribution in [0, 0.1) is 6.92 Å². The molecule has 0 aliphatic heterocycles. The lowest BCUT2D eigenvalue weighted by Gasteiger charge is -2.07. The number of carbonyl (C=O) groups excluding carboxylic acids is 1. The predicted molar refractivity (Wildman–Crippen MR) is 93.4 cm³/mol. The van der Waals surface area contributed by atoms with Gasteiger partial charge in [0.15, 0.2) is 6.73 Å². The van der Waals surface area contributed by atoms with E-state index in [1.807, 2.05) is 32.2 Å². The van der Waals surface area contributed by atoms with Crippen molar-refractivity contribution in [2.24, 2.45) is 7.05 Å². The minimum absolute atomic E-state index is 0.165. The Morgan fingerprint density at radius 2 is 2.08 bits per heavy atom. The summed E-state index contributed by atoms with van der Waals surface area (Å²) in [5.74, 6) is 0.313. The number of nitrogens with one attached hydrogen (secondary N) is 1. The van der Waals surface area contributed by atoms with Gasteiger partial charge in [-0.05, 0) is 31.2 Å². The SMILES string of the molecule is Cc1cc(CNC(=O)c2ccn(COc3ccccc3Cl)n2)n(C)n1. The molecule has 0 fully saturated rings. The standard InChI is InChI=1S/C17H18ClN5O2/c1-12-9-13(22(2)20-12)10-19-17(24)15-7-8-23(21-15)11-25-16-6-4-3-5-14(16)18/h3-9H,10-11H2,1-2H3,(H,19,24). The molecular weight excluding hydrogens is 342 g/mol. The third-order valence-corrected chi connectivity index (χ3v) is 3.90. The summed E-state index contributed by atoms with van der Waals surface area (Å²) in [5, 5.41) is 11.8. The fraction of sp³-hybridized carbons (Fsp3) is 0.235. The molecule has 25 heavy (non-hydrogen) atoms. The van der Waals surface area contributed by atoms with Crippen molar-refractivity contribution in [1.29, 1.82) is 0 Å². The van der Waals surface area contributed by atoms with Gasteiger partial charge in [-0.25, -0.2) is 4.68 Å². The number of halogens is 1. The van der Waals surface area contributed by atoms with Crippen molar-refractivity contribution in [1.82, 2.24) is 24.9 Å². The van der Waals surface area contributed by atoms with Crippen LogP contribution in [0.5, 0.6) is 5.75 Å². The Kier molecular flexibility index (Phi) is 5.04. The van der Waals surface area contributed by atoms with E-state index < -0.39 is 0 Å². The van der Waals surface area contributed by atoms with E-state index in [0.29, 0.717) is 23.0 Å². The van der Waals surface area contributed by atoms with Crippen LogP contribution < -0.4 is 10.1 Å². The van der Waals surface area contributed by atoms with E-state index >= 15 is 0 Å². The van der Waals surface area contributed by atoms with E-state index in [-0.39, 0.29) is 12.6 Å². The molecule has 0 saturated carbocycles. The second-order valence-electron chi connectivity index (χ2n) is 5.53. The maximum absolute atomic E-state index is 12.2. The molecule has 0 bridgehead atoms. The first-order valence-electron chi connectivity index (χ1n) is 7.71. The van der Waals surface area contributed by atoms with E-state index in [1.165, 1.54) is 4.68 Å². The topological polar surface area (TPSA) is 74.0 Å². The first-order valence-corrected chi connectivity index (χ1v) is 8.09. The molecule has 2 aromatic heterocycles. The maximum atomic E-state index is 12.2. The number of ether oxygens (including phenoxy) is 1. The van der Waals surface area contributed by atoms with Crippen LogP contribution in [0.4, 0.5) is 0 Å². The lowest BCUT2D eigenvalue weighted by Crippen LogP contribution is -2.24. The van der Waals surface area contributed by atoms with Gasteiger partial charge in [0.1, 0.15) is 11.4 Å². The number of para-hydroxylation sites is 1. The van der Waals surface area contributed by atoms with Gasteiger partial charge in [0.2, 0.25) is 0 Å². The molecule has 0 atom stereocenters. The van der Waals surface area contributed by atoms with Gasteiger partial charge >= 0.3 is 0 Å². The van der Waals surface area contributed by atoms with Crippen LogP contribution in [0.1, 0.15) is 21.9 Å². The summed E-state index contributed by atoms with van der Waals surface area (Å²) in [6.45, 7) is 2.46. The van der Waals surface area contributed by atoms with Crippen LogP contribution in [-0.4, -0.2) is 25.5 Å². The second-order valence-corrected chi connectivity index (χ2v) is 5.93. The number of carbonyl (C=O) groups is 1. The number of hydrogen-bond donors (Lipinski definition) is 1. The lowest BCUT2D eigenvalue weighted by atomic mass is 10.3. The van der Waals surface area contributed by atoms with Crippen molar-refractivity contribution in [2.75, 3.05) is 0 Å². The highest BCUT2D eigenvalue weighted by molar-refractivity contribution is 6.32. The Hall–Kier alpha value is -2.80. The van der Waals surface area contributed by atoms with Gasteiger partial charge in [0.05, 0.1) is 23.0 Å². The van der Waals surface area contributed by atoms with Crippen molar-refractivity contribution in [3.8, 4) is 5.75 Å². The van der Waals surface area contributed by atoms with Gasteiger partial charge in [0.25, 0.3) is 5.91 Å². The number of benzene rings is 1. The van der Waals surface area contributed by atoms with E-state index in [4.69, 9.17) is 16.3 Å². The molecule has 0 aliphatic carbocycles. The summed E-state index contributed by atoms with van der Waals surface area (Å²) in [6.07, 6.45) is 1.68. The van der Waals surface area contributed by atoms with Crippen molar-refractivity contribution in [2.45, 2.75) is 20.2 Å². The summed E-state index contributed by atoms with van der Waals surface area (Å²) in [5.41, 5.74) is 2.15. The van der Waals surface area contributed by atoms with Crippen LogP contribution >= 0.6 is 11.6 Å². The second kappa shape index (κ2) is 7.40. The molecule has 3 aromatic rings. The van der Waals surface area contributed by atoms with Crippen molar-refractivity contribution in [3.05, 3.63) is 64.7 Å².